The Kier molecular flexibility index (Phi) is 8.73. The fourth-order valence-electron chi connectivity index (χ4n) is 5.67. The molecule has 0 unspecified atom stereocenters. The molecule has 4 aromatic carbocycles. The lowest BCUT2D eigenvalue weighted by Gasteiger charge is -2.36. The molecule has 2 heterocycles. The van der Waals surface area contributed by atoms with E-state index in [0.717, 1.165) is 55.1 Å². The van der Waals surface area contributed by atoms with E-state index in [4.69, 9.17) is 0 Å². The van der Waals surface area contributed by atoms with E-state index >= 15 is 0 Å². The highest BCUT2D eigenvalue weighted by molar-refractivity contribution is 5.90. The summed E-state index contributed by atoms with van der Waals surface area (Å²) in [6.07, 6.45) is 0.769. The predicted octanol–water partition coefficient (Wildman–Crippen LogP) is 5.99. The minimum Gasteiger partial charge on any atom is -0.368 e. The van der Waals surface area contributed by atoms with Gasteiger partial charge < -0.3 is 30.2 Å². The lowest BCUT2D eigenvalue weighted by molar-refractivity contribution is 0.207. The van der Waals surface area contributed by atoms with Gasteiger partial charge in [0.1, 0.15) is 0 Å². The first kappa shape index (κ1) is 28.2. The van der Waals surface area contributed by atoms with Crippen molar-refractivity contribution in [2.45, 2.75) is 6.42 Å². The zero-order chi connectivity index (χ0) is 29.4. The normalized spacial score (nSPS) is 15.3. The minimum atomic E-state index is -0.0591. The summed E-state index contributed by atoms with van der Waals surface area (Å²) in [5.74, 6) is 0. The number of nitrogens with zero attached hydrogens (tertiary/aromatic N) is 4. The highest BCUT2D eigenvalue weighted by Gasteiger charge is 2.22. The standard InChI is InChI=1S/C35H38N6O2/c42-34(40-23-19-38(20-24-40)32-7-3-1-4-8-32)36-30-15-11-28(12-16-30)27-29-13-17-31(18-14-29)37-35(43)41-25-21-39(22-26-41)33-9-5-2-6-10-33/h1-18H,19-27H2,(H,36,42)(H,37,43). The van der Waals surface area contributed by atoms with Crippen LogP contribution in [0.15, 0.2) is 109 Å². The molecule has 0 radical (unpaired) electrons. The van der Waals surface area contributed by atoms with Crippen LogP contribution in [0.1, 0.15) is 11.1 Å². The van der Waals surface area contributed by atoms with Crippen molar-refractivity contribution in [1.82, 2.24) is 9.80 Å². The van der Waals surface area contributed by atoms with Gasteiger partial charge >= 0.3 is 12.1 Å². The number of amides is 4. The lowest BCUT2D eigenvalue weighted by atomic mass is 10.0. The third-order valence-corrected chi connectivity index (χ3v) is 8.20. The first-order valence-electron chi connectivity index (χ1n) is 15.0. The van der Waals surface area contributed by atoms with Gasteiger partial charge in [0.15, 0.2) is 0 Å². The van der Waals surface area contributed by atoms with Gasteiger partial charge in [0.2, 0.25) is 0 Å². The highest BCUT2D eigenvalue weighted by Crippen LogP contribution is 2.20. The molecule has 43 heavy (non-hydrogen) atoms. The van der Waals surface area contributed by atoms with E-state index in [9.17, 15) is 9.59 Å². The molecule has 0 aromatic heterocycles. The molecule has 2 aliphatic heterocycles. The molecule has 4 aromatic rings. The Labute approximate surface area is 253 Å². The van der Waals surface area contributed by atoms with Gasteiger partial charge in [0, 0.05) is 75.1 Å². The predicted molar refractivity (Wildman–Crippen MR) is 174 cm³/mol. The van der Waals surface area contributed by atoms with E-state index in [1.807, 2.05) is 94.7 Å². The lowest BCUT2D eigenvalue weighted by Crippen LogP contribution is -2.50. The second-order valence-corrected chi connectivity index (χ2v) is 11.1. The SMILES string of the molecule is O=C(Nc1ccc(Cc2ccc(NC(=O)N3CCN(c4ccccc4)CC3)cc2)cc1)N1CCN(c2ccccc2)CC1. The van der Waals surface area contributed by atoms with E-state index < -0.39 is 0 Å². The van der Waals surface area contributed by atoms with Crippen molar-refractivity contribution >= 4 is 34.8 Å². The zero-order valence-electron chi connectivity index (χ0n) is 24.4. The van der Waals surface area contributed by atoms with Crippen LogP contribution in [0.4, 0.5) is 32.3 Å². The van der Waals surface area contributed by atoms with Crippen LogP contribution in [0.3, 0.4) is 0 Å². The first-order chi connectivity index (χ1) is 21.1. The van der Waals surface area contributed by atoms with Crippen LogP contribution in [-0.4, -0.2) is 74.2 Å². The Morgan fingerprint density at radius 1 is 0.465 bits per heavy atom. The van der Waals surface area contributed by atoms with E-state index in [1.54, 1.807) is 0 Å². The number of piperazine rings is 2. The van der Waals surface area contributed by atoms with Crippen LogP contribution < -0.4 is 20.4 Å². The molecule has 0 aliphatic carbocycles. The first-order valence-corrected chi connectivity index (χ1v) is 15.0. The summed E-state index contributed by atoms with van der Waals surface area (Å²) in [5.41, 5.74) is 6.30. The van der Waals surface area contributed by atoms with Gasteiger partial charge in [0.25, 0.3) is 0 Å². The molecule has 0 saturated carbocycles. The van der Waals surface area contributed by atoms with Crippen molar-refractivity contribution in [2.75, 3.05) is 72.8 Å². The van der Waals surface area contributed by atoms with Crippen molar-refractivity contribution in [3.05, 3.63) is 120 Å². The highest BCUT2D eigenvalue weighted by atomic mass is 16.2. The van der Waals surface area contributed by atoms with E-state index in [1.165, 1.54) is 11.4 Å². The maximum atomic E-state index is 12.8. The molecule has 0 atom stereocenters. The summed E-state index contributed by atoms with van der Waals surface area (Å²) < 4.78 is 0. The molecule has 220 valence electrons. The summed E-state index contributed by atoms with van der Waals surface area (Å²) in [6.45, 7) is 6.07. The Morgan fingerprint density at radius 3 is 1.16 bits per heavy atom. The van der Waals surface area contributed by atoms with Crippen molar-refractivity contribution in [3.8, 4) is 0 Å². The van der Waals surface area contributed by atoms with Gasteiger partial charge in [0.05, 0.1) is 0 Å². The molecule has 2 saturated heterocycles. The number of carbonyl (C=O) groups excluding carboxylic acids is 2. The van der Waals surface area contributed by atoms with Gasteiger partial charge in [-0.3, -0.25) is 0 Å². The average Bonchev–Trinajstić information content (AvgIpc) is 3.07. The number of urea groups is 2. The van der Waals surface area contributed by atoms with E-state index in [2.05, 4.69) is 44.7 Å². The van der Waals surface area contributed by atoms with Crippen molar-refractivity contribution in [2.24, 2.45) is 0 Å². The Morgan fingerprint density at radius 2 is 0.814 bits per heavy atom. The minimum absolute atomic E-state index is 0.0591. The van der Waals surface area contributed by atoms with Crippen LogP contribution in [0, 0.1) is 0 Å². The summed E-state index contributed by atoms with van der Waals surface area (Å²) in [4.78, 5) is 34.0. The second kappa shape index (κ2) is 13.3. The van der Waals surface area contributed by atoms with Gasteiger partial charge in [-0.05, 0) is 66.1 Å². The number of hydrogen-bond donors (Lipinski definition) is 2. The second-order valence-electron chi connectivity index (χ2n) is 11.1. The van der Waals surface area contributed by atoms with Gasteiger partial charge in [-0.2, -0.15) is 0 Å². The van der Waals surface area contributed by atoms with E-state index in [0.29, 0.717) is 26.2 Å². The molecule has 8 heteroatoms. The molecule has 2 aliphatic rings. The maximum Gasteiger partial charge on any atom is 0.321 e. The van der Waals surface area contributed by atoms with Gasteiger partial charge in [-0.15, -0.1) is 0 Å². The number of hydrogen-bond acceptors (Lipinski definition) is 4. The van der Waals surface area contributed by atoms with E-state index in [-0.39, 0.29) is 12.1 Å². The number of anilines is 4. The Hall–Kier alpha value is -4.98. The zero-order valence-corrected chi connectivity index (χ0v) is 24.4. The average molecular weight is 575 g/mol. The van der Waals surface area contributed by atoms with Crippen LogP contribution in [-0.2, 0) is 6.42 Å². The Balaban J connectivity index is 0.939. The van der Waals surface area contributed by atoms with Crippen LogP contribution in [0.2, 0.25) is 0 Å². The molecule has 4 amide bonds. The third-order valence-electron chi connectivity index (χ3n) is 8.20. The van der Waals surface area contributed by atoms with Crippen LogP contribution in [0.25, 0.3) is 0 Å². The maximum absolute atomic E-state index is 12.8. The number of nitrogens with one attached hydrogen (secondary N) is 2. The molecule has 0 bridgehead atoms. The van der Waals surface area contributed by atoms with Gasteiger partial charge in [-0.25, -0.2) is 9.59 Å². The molecule has 2 fully saturated rings. The quantitative estimate of drug-likeness (QED) is 0.297. The summed E-state index contributed by atoms with van der Waals surface area (Å²) in [5, 5.41) is 6.08. The topological polar surface area (TPSA) is 71.2 Å². The van der Waals surface area contributed by atoms with Crippen molar-refractivity contribution in [1.29, 1.82) is 0 Å². The van der Waals surface area contributed by atoms with Gasteiger partial charge in [-0.1, -0.05) is 60.7 Å². The van der Waals surface area contributed by atoms with Crippen LogP contribution in [0.5, 0.6) is 0 Å². The fraction of sp³-hybridized carbons (Fsp3) is 0.257. The smallest absolute Gasteiger partial charge is 0.321 e. The number of rotatable bonds is 6. The summed E-state index contributed by atoms with van der Waals surface area (Å²) in [7, 11) is 0. The Bertz CT molecular complexity index is 1360. The fourth-order valence-corrected chi connectivity index (χ4v) is 5.67. The van der Waals surface area contributed by atoms with Crippen molar-refractivity contribution < 1.29 is 9.59 Å². The van der Waals surface area contributed by atoms with Crippen molar-refractivity contribution in [3.63, 3.8) is 0 Å². The largest absolute Gasteiger partial charge is 0.368 e. The molecule has 8 nitrogen and oxygen atoms in total. The molecular formula is C35H38N6O2. The summed E-state index contributed by atoms with van der Waals surface area (Å²) in [6, 6.07) is 36.6. The number of para-hydroxylation sites is 2. The molecule has 0 spiro atoms. The number of carbonyl (C=O) groups is 2. The number of benzene rings is 4. The summed E-state index contributed by atoms with van der Waals surface area (Å²) >= 11 is 0. The molecule has 6 rings (SSSR count). The third kappa shape index (κ3) is 7.27. The van der Waals surface area contributed by atoms with Crippen LogP contribution >= 0.6 is 0 Å². The molecular weight excluding hydrogens is 536 g/mol. The molecule has 2 N–H and O–H groups in total. The monoisotopic (exact) mass is 574 g/mol.